The lowest BCUT2D eigenvalue weighted by Crippen LogP contribution is -2.39. The maximum Gasteiger partial charge on any atom is 0.193 e. The molecule has 134 valence electrons. The molecule has 0 amide bonds. The van der Waals surface area contributed by atoms with Crippen LogP contribution in [0.5, 0.6) is 0 Å². The van der Waals surface area contributed by atoms with Gasteiger partial charge in [0.25, 0.3) is 0 Å². The summed E-state index contributed by atoms with van der Waals surface area (Å²) in [7, 11) is 1.86. The van der Waals surface area contributed by atoms with E-state index in [0.29, 0.717) is 0 Å². The molecule has 1 saturated heterocycles. The lowest BCUT2D eigenvalue weighted by molar-refractivity contribution is 0.403. The van der Waals surface area contributed by atoms with Gasteiger partial charge >= 0.3 is 0 Å². The fraction of sp³-hybridized carbons (Fsp3) is 0.526. The molecule has 0 aliphatic carbocycles. The van der Waals surface area contributed by atoms with Gasteiger partial charge in [0.2, 0.25) is 0 Å². The molecule has 0 saturated carbocycles. The Bertz CT molecular complexity index is 692. The predicted molar refractivity (Wildman–Crippen MR) is 101 cm³/mol. The van der Waals surface area contributed by atoms with Gasteiger partial charge in [0.15, 0.2) is 11.8 Å². The number of pyridine rings is 1. The van der Waals surface area contributed by atoms with Crippen LogP contribution < -0.4 is 5.32 Å². The quantitative estimate of drug-likeness (QED) is 0.672. The molecule has 1 aliphatic rings. The van der Waals surface area contributed by atoms with Crippen molar-refractivity contribution >= 4 is 5.96 Å². The number of likely N-dealkylation sites (tertiary alicyclic amines) is 1. The Morgan fingerprint density at radius 1 is 1.40 bits per heavy atom. The molecule has 6 nitrogen and oxygen atoms in total. The molecule has 2 aromatic rings. The van der Waals surface area contributed by atoms with Crippen LogP contribution in [0.1, 0.15) is 32.3 Å². The van der Waals surface area contributed by atoms with E-state index >= 15 is 0 Å². The Kier molecular flexibility index (Phi) is 5.68. The third-order valence-corrected chi connectivity index (χ3v) is 4.60. The van der Waals surface area contributed by atoms with E-state index in [9.17, 15) is 0 Å². The van der Waals surface area contributed by atoms with Gasteiger partial charge in [-0.25, -0.2) is 9.67 Å². The maximum atomic E-state index is 4.47. The fourth-order valence-electron chi connectivity index (χ4n) is 3.50. The van der Waals surface area contributed by atoms with E-state index in [1.54, 1.807) is 10.9 Å². The molecule has 2 aromatic heterocycles. The summed E-state index contributed by atoms with van der Waals surface area (Å²) in [6.45, 7) is 7.53. The normalized spacial score (nSPS) is 18.2. The highest BCUT2D eigenvalue weighted by atomic mass is 15.3. The number of hydrogen-bond donors (Lipinski definition) is 1. The second kappa shape index (κ2) is 8.14. The molecule has 0 radical (unpaired) electrons. The SMILES string of the molecule is CN=C(NCc1ccnc(-n2cccn2)c1)N1CCC(CC(C)C)C1. The van der Waals surface area contributed by atoms with Crippen LogP contribution in [0, 0.1) is 11.8 Å². The van der Waals surface area contributed by atoms with Crippen LogP contribution in [0.3, 0.4) is 0 Å². The van der Waals surface area contributed by atoms with E-state index < -0.39 is 0 Å². The second-order valence-corrected chi connectivity index (χ2v) is 7.10. The van der Waals surface area contributed by atoms with Crippen LogP contribution in [0.4, 0.5) is 0 Å². The Hall–Kier alpha value is -2.37. The molecule has 0 aromatic carbocycles. The van der Waals surface area contributed by atoms with E-state index in [-0.39, 0.29) is 0 Å². The monoisotopic (exact) mass is 340 g/mol. The molecular formula is C19H28N6. The first-order valence-electron chi connectivity index (χ1n) is 9.06. The van der Waals surface area contributed by atoms with Crippen LogP contribution in [-0.4, -0.2) is 45.8 Å². The number of rotatable bonds is 5. The lowest BCUT2D eigenvalue weighted by atomic mass is 9.97. The third-order valence-electron chi connectivity index (χ3n) is 4.60. The van der Waals surface area contributed by atoms with Gasteiger partial charge in [-0.3, -0.25) is 4.99 Å². The number of guanidine groups is 1. The highest BCUT2D eigenvalue weighted by Gasteiger charge is 2.25. The summed E-state index contributed by atoms with van der Waals surface area (Å²) in [5, 5.41) is 7.73. The van der Waals surface area contributed by atoms with Gasteiger partial charge in [0.05, 0.1) is 0 Å². The number of nitrogens with one attached hydrogen (secondary N) is 1. The van der Waals surface area contributed by atoms with Crippen molar-refractivity contribution in [2.24, 2.45) is 16.8 Å². The Labute approximate surface area is 150 Å². The van der Waals surface area contributed by atoms with Gasteiger partial charge in [-0.2, -0.15) is 5.10 Å². The molecule has 1 atom stereocenters. The van der Waals surface area contributed by atoms with E-state index in [2.05, 4.69) is 45.2 Å². The zero-order chi connectivity index (χ0) is 17.6. The van der Waals surface area contributed by atoms with E-state index in [1.165, 1.54) is 18.4 Å². The van der Waals surface area contributed by atoms with E-state index in [0.717, 1.165) is 43.2 Å². The summed E-state index contributed by atoms with van der Waals surface area (Å²) in [4.78, 5) is 11.2. The first-order chi connectivity index (χ1) is 12.2. The number of aromatic nitrogens is 3. The van der Waals surface area contributed by atoms with E-state index in [1.807, 2.05) is 31.6 Å². The minimum atomic E-state index is 0.731. The van der Waals surface area contributed by atoms with Gasteiger partial charge in [-0.15, -0.1) is 0 Å². The average molecular weight is 340 g/mol. The van der Waals surface area contributed by atoms with Crippen molar-refractivity contribution in [3.63, 3.8) is 0 Å². The molecule has 25 heavy (non-hydrogen) atoms. The molecular weight excluding hydrogens is 312 g/mol. The maximum absolute atomic E-state index is 4.47. The van der Waals surface area contributed by atoms with Crippen molar-refractivity contribution in [2.45, 2.75) is 33.2 Å². The zero-order valence-corrected chi connectivity index (χ0v) is 15.4. The Morgan fingerprint density at radius 2 is 2.28 bits per heavy atom. The molecule has 1 aliphatic heterocycles. The number of nitrogens with zero attached hydrogens (tertiary/aromatic N) is 5. The molecule has 1 fully saturated rings. The van der Waals surface area contributed by atoms with Crippen LogP contribution in [0.15, 0.2) is 41.8 Å². The van der Waals surface area contributed by atoms with Crippen molar-refractivity contribution in [2.75, 3.05) is 20.1 Å². The molecule has 0 bridgehead atoms. The van der Waals surface area contributed by atoms with Crippen LogP contribution in [0.25, 0.3) is 5.82 Å². The second-order valence-electron chi connectivity index (χ2n) is 7.10. The summed E-state index contributed by atoms with van der Waals surface area (Å²) in [5.41, 5.74) is 1.17. The number of hydrogen-bond acceptors (Lipinski definition) is 3. The largest absolute Gasteiger partial charge is 0.352 e. The summed E-state index contributed by atoms with van der Waals surface area (Å²) >= 11 is 0. The van der Waals surface area contributed by atoms with Gasteiger partial charge in [-0.1, -0.05) is 13.8 Å². The number of aliphatic imine (C=N–C) groups is 1. The zero-order valence-electron chi connectivity index (χ0n) is 15.4. The molecule has 3 rings (SSSR count). The fourth-order valence-corrected chi connectivity index (χ4v) is 3.50. The van der Waals surface area contributed by atoms with Crippen LogP contribution in [-0.2, 0) is 6.54 Å². The highest BCUT2D eigenvalue weighted by molar-refractivity contribution is 5.80. The van der Waals surface area contributed by atoms with Crippen molar-refractivity contribution in [3.05, 3.63) is 42.4 Å². The van der Waals surface area contributed by atoms with Crippen LogP contribution in [0.2, 0.25) is 0 Å². The summed E-state index contributed by atoms with van der Waals surface area (Å²) in [6, 6.07) is 5.98. The first-order valence-corrected chi connectivity index (χ1v) is 9.06. The van der Waals surface area contributed by atoms with Crippen LogP contribution >= 0.6 is 0 Å². The van der Waals surface area contributed by atoms with Gasteiger partial charge in [0.1, 0.15) is 0 Å². The minimum absolute atomic E-state index is 0.731. The minimum Gasteiger partial charge on any atom is -0.352 e. The van der Waals surface area contributed by atoms with Crippen molar-refractivity contribution in [1.29, 1.82) is 0 Å². The van der Waals surface area contributed by atoms with Gasteiger partial charge in [0, 0.05) is 45.3 Å². The van der Waals surface area contributed by atoms with Gasteiger partial charge < -0.3 is 10.2 Å². The molecule has 1 N–H and O–H groups in total. The third kappa shape index (κ3) is 4.59. The van der Waals surface area contributed by atoms with Crippen molar-refractivity contribution in [3.8, 4) is 5.82 Å². The van der Waals surface area contributed by atoms with Crippen molar-refractivity contribution < 1.29 is 0 Å². The Balaban J connectivity index is 1.58. The van der Waals surface area contributed by atoms with Gasteiger partial charge in [-0.05, 0) is 48.4 Å². The first kappa shape index (κ1) is 17.5. The lowest BCUT2D eigenvalue weighted by Gasteiger charge is -2.22. The summed E-state index contributed by atoms with van der Waals surface area (Å²) < 4.78 is 1.77. The molecule has 0 spiro atoms. The Morgan fingerprint density at radius 3 is 3.00 bits per heavy atom. The highest BCUT2D eigenvalue weighted by Crippen LogP contribution is 2.23. The van der Waals surface area contributed by atoms with Crippen molar-refractivity contribution in [1.82, 2.24) is 25.0 Å². The smallest absolute Gasteiger partial charge is 0.193 e. The average Bonchev–Trinajstić information content (AvgIpc) is 3.27. The van der Waals surface area contributed by atoms with E-state index in [4.69, 9.17) is 0 Å². The molecule has 1 unspecified atom stereocenters. The predicted octanol–water partition coefficient (Wildman–Crippen LogP) is 2.71. The topological polar surface area (TPSA) is 58.3 Å². The summed E-state index contributed by atoms with van der Waals surface area (Å²) in [5.74, 6) is 3.37. The summed E-state index contributed by atoms with van der Waals surface area (Å²) in [6.07, 6.45) is 8.04. The molecule has 6 heteroatoms. The molecule has 3 heterocycles. The standard InChI is InChI=1S/C19H28N6/c1-15(2)11-17-6-10-24(14-17)19(20-3)22-13-16-5-8-21-18(12-16)25-9-4-7-23-25/h4-5,7-9,12,15,17H,6,10-11,13-14H2,1-3H3,(H,20,22).